The summed E-state index contributed by atoms with van der Waals surface area (Å²) >= 11 is 0. The Hall–Kier alpha value is -1.98. The van der Waals surface area contributed by atoms with Gasteiger partial charge in [0, 0.05) is 31.5 Å². The third-order valence-corrected chi connectivity index (χ3v) is 4.80. The summed E-state index contributed by atoms with van der Waals surface area (Å²) in [4.78, 5) is 26.5. The molecule has 6 nitrogen and oxygen atoms in total. The Morgan fingerprint density at radius 1 is 1.40 bits per heavy atom. The maximum Gasteiger partial charge on any atom is 0.253 e. The Morgan fingerprint density at radius 3 is 2.84 bits per heavy atom. The van der Waals surface area contributed by atoms with Crippen molar-refractivity contribution in [3.05, 3.63) is 23.5 Å². The van der Waals surface area contributed by atoms with Crippen LogP contribution in [-0.4, -0.2) is 46.5 Å². The molecule has 6 heteroatoms. The lowest BCUT2D eigenvalue weighted by atomic mass is 9.89. The molecule has 0 spiro atoms. The van der Waals surface area contributed by atoms with E-state index in [1.165, 1.54) is 6.20 Å². The summed E-state index contributed by atoms with van der Waals surface area (Å²) in [5, 5.41) is 10.7. The van der Waals surface area contributed by atoms with Crippen LogP contribution in [0, 0.1) is 18.3 Å². The molecule has 138 valence electrons. The van der Waals surface area contributed by atoms with E-state index in [4.69, 9.17) is 0 Å². The Labute approximate surface area is 150 Å². The quantitative estimate of drug-likeness (QED) is 0.823. The molecule has 0 saturated carbocycles. The molecule has 0 aromatic carbocycles. The highest BCUT2D eigenvalue weighted by atomic mass is 16.2. The normalized spacial score (nSPS) is 20.1. The van der Waals surface area contributed by atoms with Crippen LogP contribution < -0.4 is 5.32 Å². The average molecular weight is 346 g/mol. The van der Waals surface area contributed by atoms with Crippen molar-refractivity contribution in [1.29, 1.82) is 0 Å². The Bertz CT molecular complexity index is 617. The molecular formula is C19H30N4O2. The number of amides is 2. The van der Waals surface area contributed by atoms with Crippen molar-refractivity contribution in [3.63, 3.8) is 0 Å². The third-order valence-electron chi connectivity index (χ3n) is 4.80. The first-order valence-corrected chi connectivity index (χ1v) is 9.14. The molecule has 2 amide bonds. The highest BCUT2D eigenvalue weighted by Crippen LogP contribution is 2.30. The summed E-state index contributed by atoms with van der Waals surface area (Å²) in [6, 6.07) is 1.73. The molecule has 1 aromatic heterocycles. The van der Waals surface area contributed by atoms with Gasteiger partial charge >= 0.3 is 0 Å². The van der Waals surface area contributed by atoms with E-state index in [1.807, 2.05) is 11.8 Å². The van der Waals surface area contributed by atoms with E-state index in [0.29, 0.717) is 31.0 Å². The van der Waals surface area contributed by atoms with Gasteiger partial charge in [-0.2, -0.15) is 10.2 Å². The van der Waals surface area contributed by atoms with E-state index in [1.54, 1.807) is 6.07 Å². The maximum atomic E-state index is 12.3. The highest BCUT2D eigenvalue weighted by Gasteiger charge is 2.36. The van der Waals surface area contributed by atoms with Gasteiger partial charge in [-0.1, -0.05) is 27.2 Å². The molecule has 1 N–H and O–H groups in total. The SMILES string of the molecule is Cc1cc(C(=O)NCC2(C)CCN(C(=O)CCCC(C)C)C2)cnn1. The maximum absolute atomic E-state index is 12.3. The lowest BCUT2D eigenvalue weighted by Gasteiger charge is -2.25. The Balaban J connectivity index is 1.81. The number of hydrogen-bond donors (Lipinski definition) is 1. The minimum Gasteiger partial charge on any atom is -0.351 e. The van der Waals surface area contributed by atoms with Gasteiger partial charge in [0.25, 0.3) is 5.91 Å². The predicted octanol–water partition coefficient (Wildman–Crippen LogP) is 2.58. The molecule has 0 radical (unpaired) electrons. The molecule has 1 saturated heterocycles. The molecule has 1 aliphatic heterocycles. The van der Waals surface area contributed by atoms with E-state index >= 15 is 0 Å². The van der Waals surface area contributed by atoms with Crippen LogP contribution in [0.2, 0.25) is 0 Å². The van der Waals surface area contributed by atoms with E-state index in [9.17, 15) is 9.59 Å². The van der Waals surface area contributed by atoms with Crippen molar-refractivity contribution in [2.45, 2.75) is 53.4 Å². The van der Waals surface area contributed by atoms with Crippen LogP contribution in [0.1, 0.15) is 62.5 Å². The number of aromatic nitrogens is 2. The van der Waals surface area contributed by atoms with Crippen molar-refractivity contribution in [1.82, 2.24) is 20.4 Å². The van der Waals surface area contributed by atoms with E-state index in [-0.39, 0.29) is 17.2 Å². The summed E-state index contributed by atoms with van der Waals surface area (Å²) in [6.07, 6.45) is 5.06. The third kappa shape index (κ3) is 5.80. The van der Waals surface area contributed by atoms with Crippen molar-refractivity contribution in [2.24, 2.45) is 11.3 Å². The molecule has 2 rings (SSSR count). The summed E-state index contributed by atoms with van der Waals surface area (Å²) in [5.74, 6) is 0.740. The van der Waals surface area contributed by atoms with Gasteiger partial charge in [-0.05, 0) is 31.7 Å². The lowest BCUT2D eigenvalue weighted by molar-refractivity contribution is -0.130. The van der Waals surface area contributed by atoms with Gasteiger partial charge in [-0.25, -0.2) is 0 Å². The molecule has 25 heavy (non-hydrogen) atoms. The number of carbonyl (C=O) groups excluding carboxylic acids is 2. The fraction of sp³-hybridized carbons (Fsp3) is 0.684. The summed E-state index contributed by atoms with van der Waals surface area (Å²) in [6.45, 7) is 10.3. The van der Waals surface area contributed by atoms with Gasteiger partial charge in [0.05, 0.1) is 17.5 Å². The predicted molar refractivity (Wildman–Crippen MR) is 97.1 cm³/mol. The first-order valence-electron chi connectivity index (χ1n) is 9.14. The first-order chi connectivity index (χ1) is 11.8. The van der Waals surface area contributed by atoms with Crippen LogP contribution in [0.25, 0.3) is 0 Å². The Kier molecular flexibility index (Phi) is 6.51. The summed E-state index contributed by atoms with van der Waals surface area (Å²) in [7, 11) is 0. The highest BCUT2D eigenvalue weighted by molar-refractivity contribution is 5.93. The minimum absolute atomic E-state index is 0.0706. The molecule has 1 atom stereocenters. The second-order valence-corrected chi connectivity index (χ2v) is 7.93. The fourth-order valence-electron chi connectivity index (χ4n) is 3.19. The van der Waals surface area contributed by atoms with Crippen LogP contribution in [0.15, 0.2) is 12.3 Å². The van der Waals surface area contributed by atoms with Gasteiger partial charge in [-0.15, -0.1) is 0 Å². The van der Waals surface area contributed by atoms with Crippen LogP contribution >= 0.6 is 0 Å². The van der Waals surface area contributed by atoms with Crippen molar-refractivity contribution >= 4 is 11.8 Å². The minimum atomic E-state index is -0.138. The molecule has 1 unspecified atom stereocenters. The van der Waals surface area contributed by atoms with Crippen LogP contribution in [0.3, 0.4) is 0 Å². The van der Waals surface area contributed by atoms with Crippen LogP contribution in [0.4, 0.5) is 0 Å². The van der Waals surface area contributed by atoms with Gasteiger partial charge in [0.2, 0.25) is 5.91 Å². The second-order valence-electron chi connectivity index (χ2n) is 7.93. The number of aryl methyl sites for hydroxylation is 1. The summed E-state index contributed by atoms with van der Waals surface area (Å²) < 4.78 is 0. The zero-order valence-corrected chi connectivity index (χ0v) is 15.8. The van der Waals surface area contributed by atoms with Crippen LogP contribution in [-0.2, 0) is 4.79 Å². The first kappa shape index (κ1) is 19.3. The lowest BCUT2D eigenvalue weighted by Crippen LogP contribution is -2.39. The van der Waals surface area contributed by atoms with Gasteiger partial charge in [-0.3, -0.25) is 9.59 Å². The van der Waals surface area contributed by atoms with Crippen molar-refractivity contribution < 1.29 is 9.59 Å². The number of nitrogens with zero attached hydrogens (tertiary/aromatic N) is 3. The molecule has 2 heterocycles. The molecular weight excluding hydrogens is 316 g/mol. The van der Waals surface area contributed by atoms with E-state index in [0.717, 1.165) is 31.5 Å². The standard InChI is InChI=1S/C19H30N4O2/c1-14(2)6-5-7-17(24)23-9-8-19(4,13-23)12-20-18(25)16-10-15(3)22-21-11-16/h10-11,14H,5-9,12-13H2,1-4H3,(H,20,25). The number of nitrogens with one attached hydrogen (secondary N) is 1. The van der Waals surface area contributed by atoms with E-state index in [2.05, 4.69) is 36.3 Å². The molecule has 0 aliphatic carbocycles. The van der Waals surface area contributed by atoms with Crippen molar-refractivity contribution in [2.75, 3.05) is 19.6 Å². The van der Waals surface area contributed by atoms with Gasteiger partial charge in [0.15, 0.2) is 0 Å². The zero-order valence-electron chi connectivity index (χ0n) is 15.8. The fourth-order valence-corrected chi connectivity index (χ4v) is 3.19. The number of rotatable bonds is 7. The number of likely N-dealkylation sites (tertiary alicyclic amines) is 1. The van der Waals surface area contributed by atoms with Gasteiger partial charge in [0.1, 0.15) is 0 Å². The molecule has 0 bridgehead atoms. The molecule has 1 aliphatic rings. The van der Waals surface area contributed by atoms with Gasteiger partial charge < -0.3 is 10.2 Å². The number of hydrogen-bond acceptors (Lipinski definition) is 4. The summed E-state index contributed by atoms with van der Waals surface area (Å²) in [5.41, 5.74) is 1.17. The largest absolute Gasteiger partial charge is 0.351 e. The average Bonchev–Trinajstić information content (AvgIpc) is 2.95. The van der Waals surface area contributed by atoms with Crippen LogP contribution in [0.5, 0.6) is 0 Å². The monoisotopic (exact) mass is 346 g/mol. The second kappa shape index (κ2) is 8.41. The zero-order chi connectivity index (χ0) is 18.4. The molecule has 1 aromatic rings. The number of carbonyl (C=O) groups is 2. The smallest absolute Gasteiger partial charge is 0.253 e. The Morgan fingerprint density at radius 2 is 2.16 bits per heavy atom. The van der Waals surface area contributed by atoms with Crippen molar-refractivity contribution in [3.8, 4) is 0 Å². The molecule has 1 fully saturated rings. The van der Waals surface area contributed by atoms with E-state index < -0.39 is 0 Å². The topological polar surface area (TPSA) is 75.2 Å².